The van der Waals surface area contributed by atoms with Crippen molar-refractivity contribution in [3.8, 4) is 5.75 Å². The smallest absolute Gasteiger partial charge is 0.387 e. The van der Waals surface area contributed by atoms with Gasteiger partial charge in [-0.3, -0.25) is 9.59 Å². The molecule has 0 saturated heterocycles. The lowest BCUT2D eigenvalue weighted by atomic mass is 9.97. The highest BCUT2D eigenvalue weighted by molar-refractivity contribution is 6.32. The van der Waals surface area contributed by atoms with Gasteiger partial charge in [-0.05, 0) is 36.2 Å². The monoisotopic (exact) mass is 410 g/mol. The summed E-state index contributed by atoms with van der Waals surface area (Å²) in [5.74, 6) is -1.12. The molecule has 2 unspecified atom stereocenters. The fraction of sp³-hybridized carbons (Fsp3) is 0.300. The third-order valence-corrected chi connectivity index (χ3v) is 4.53. The minimum Gasteiger partial charge on any atom is -0.433 e. The first-order chi connectivity index (χ1) is 13.3. The molecular formula is C20H21ClF2N2O3. The van der Waals surface area contributed by atoms with Crippen molar-refractivity contribution in [2.24, 2.45) is 5.92 Å². The number of anilines is 1. The Morgan fingerprint density at radius 2 is 1.82 bits per heavy atom. The topological polar surface area (TPSA) is 67.4 Å². The van der Waals surface area contributed by atoms with E-state index in [1.165, 1.54) is 18.2 Å². The number of nitrogens with one attached hydrogen (secondary N) is 2. The van der Waals surface area contributed by atoms with E-state index in [1.54, 1.807) is 30.3 Å². The Labute approximate surface area is 167 Å². The zero-order valence-electron chi connectivity index (χ0n) is 15.4. The summed E-state index contributed by atoms with van der Waals surface area (Å²) >= 11 is 5.91. The van der Waals surface area contributed by atoms with Gasteiger partial charge in [-0.15, -0.1) is 0 Å². The first kappa shape index (κ1) is 21.6. The van der Waals surface area contributed by atoms with E-state index in [-0.39, 0.29) is 22.6 Å². The first-order valence-electron chi connectivity index (χ1n) is 8.73. The second-order valence-electron chi connectivity index (χ2n) is 6.22. The van der Waals surface area contributed by atoms with Gasteiger partial charge in [0.05, 0.1) is 5.02 Å². The third-order valence-electron chi connectivity index (χ3n) is 4.23. The van der Waals surface area contributed by atoms with Gasteiger partial charge in [0.2, 0.25) is 5.91 Å². The number of hydrogen-bond donors (Lipinski definition) is 2. The van der Waals surface area contributed by atoms with Crippen molar-refractivity contribution in [3.05, 3.63) is 59.1 Å². The van der Waals surface area contributed by atoms with Crippen molar-refractivity contribution < 1.29 is 23.1 Å². The van der Waals surface area contributed by atoms with Gasteiger partial charge in [-0.1, -0.05) is 50.1 Å². The number of carbonyl (C=O) groups excluding carboxylic acids is 2. The molecule has 0 aliphatic rings. The highest BCUT2D eigenvalue weighted by atomic mass is 35.5. The van der Waals surface area contributed by atoms with Gasteiger partial charge >= 0.3 is 6.61 Å². The van der Waals surface area contributed by atoms with Crippen LogP contribution in [0.1, 0.15) is 30.6 Å². The highest BCUT2D eigenvalue weighted by Crippen LogP contribution is 2.29. The molecule has 0 aliphatic heterocycles. The van der Waals surface area contributed by atoms with Crippen LogP contribution >= 0.6 is 11.6 Å². The van der Waals surface area contributed by atoms with Crippen LogP contribution in [-0.4, -0.2) is 24.5 Å². The Balaban J connectivity index is 2.13. The second kappa shape index (κ2) is 10.0. The standard InChI is InChI=1S/C20H21ClF2N2O3/c1-3-12(2)17(25-18(26)13-7-5-4-6-8-13)19(27)24-14-9-10-16(15(21)11-14)28-20(22)23/h4-12,17,20H,3H2,1-2H3,(H,24,27)(H,25,26). The second-order valence-corrected chi connectivity index (χ2v) is 6.62. The Morgan fingerprint density at radius 1 is 1.14 bits per heavy atom. The van der Waals surface area contributed by atoms with Crippen LogP contribution in [0.5, 0.6) is 5.75 Å². The minimum atomic E-state index is -3.00. The lowest BCUT2D eigenvalue weighted by molar-refractivity contribution is -0.119. The van der Waals surface area contributed by atoms with E-state index in [0.717, 1.165) is 0 Å². The molecule has 2 aromatic rings. The summed E-state index contributed by atoms with van der Waals surface area (Å²) in [5, 5.41) is 5.34. The van der Waals surface area contributed by atoms with Crippen molar-refractivity contribution in [1.82, 2.24) is 5.32 Å². The van der Waals surface area contributed by atoms with Crippen LogP contribution in [0.2, 0.25) is 5.02 Å². The van der Waals surface area contributed by atoms with E-state index in [4.69, 9.17) is 11.6 Å². The largest absolute Gasteiger partial charge is 0.433 e. The molecule has 0 bridgehead atoms. The zero-order valence-corrected chi connectivity index (χ0v) is 16.2. The van der Waals surface area contributed by atoms with Crippen LogP contribution in [0.4, 0.5) is 14.5 Å². The number of halogens is 3. The van der Waals surface area contributed by atoms with Crippen LogP contribution < -0.4 is 15.4 Å². The lowest BCUT2D eigenvalue weighted by Crippen LogP contribution is -2.47. The van der Waals surface area contributed by atoms with Gasteiger partial charge in [0.15, 0.2) is 0 Å². The van der Waals surface area contributed by atoms with Gasteiger partial charge < -0.3 is 15.4 Å². The maximum Gasteiger partial charge on any atom is 0.387 e. The average molecular weight is 411 g/mol. The summed E-state index contributed by atoms with van der Waals surface area (Å²) in [4.78, 5) is 25.2. The predicted molar refractivity (Wildman–Crippen MR) is 104 cm³/mol. The summed E-state index contributed by atoms with van der Waals surface area (Å²) in [6, 6.07) is 11.7. The molecule has 0 heterocycles. The first-order valence-corrected chi connectivity index (χ1v) is 9.10. The van der Waals surface area contributed by atoms with Crippen molar-refractivity contribution in [3.63, 3.8) is 0 Å². The summed E-state index contributed by atoms with van der Waals surface area (Å²) < 4.78 is 28.9. The molecule has 2 amide bonds. The van der Waals surface area contributed by atoms with E-state index in [1.807, 2.05) is 13.8 Å². The predicted octanol–water partition coefficient (Wildman–Crippen LogP) is 4.72. The Bertz CT molecular complexity index is 818. The van der Waals surface area contributed by atoms with Gasteiger partial charge in [-0.2, -0.15) is 8.78 Å². The molecule has 2 aromatic carbocycles. The molecule has 0 aliphatic carbocycles. The number of benzene rings is 2. The minimum absolute atomic E-state index is 0.0634. The lowest BCUT2D eigenvalue weighted by Gasteiger charge is -2.23. The third kappa shape index (κ3) is 5.92. The SMILES string of the molecule is CCC(C)C(NC(=O)c1ccccc1)C(=O)Nc1ccc(OC(F)F)c(Cl)c1. The average Bonchev–Trinajstić information content (AvgIpc) is 2.67. The van der Waals surface area contributed by atoms with E-state index >= 15 is 0 Å². The van der Waals surface area contributed by atoms with Crippen molar-refractivity contribution in [2.45, 2.75) is 32.9 Å². The Morgan fingerprint density at radius 3 is 2.39 bits per heavy atom. The van der Waals surface area contributed by atoms with Gasteiger partial charge in [0.25, 0.3) is 5.91 Å². The molecule has 0 saturated carbocycles. The molecular weight excluding hydrogens is 390 g/mol. The molecule has 28 heavy (non-hydrogen) atoms. The maximum atomic E-state index is 12.7. The highest BCUT2D eigenvalue weighted by Gasteiger charge is 2.26. The quantitative estimate of drug-likeness (QED) is 0.661. The van der Waals surface area contributed by atoms with Crippen molar-refractivity contribution in [2.75, 3.05) is 5.32 Å². The van der Waals surface area contributed by atoms with E-state index < -0.39 is 18.6 Å². The van der Waals surface area contributed by atoms with Crippen LogP contribution in [0.3, 0.4) is 0 Å². The van der Waals surface area contributed by atoms with Crippen LogP contribution in [0.25, 0.3) is 0 Å². The zero-order chi connectivity index (χ0) is 20.7. The van der Waals surface area contributed by atoms with Crippen LogP contribution in [-0.2, 0) is 4.79 Å². The molecule has 0 radical (unpaired) electrons. The van der Waals surface area contributed by atoms with Gasteiger partial charge in [0.1, 0.15) is 11.8 Å². The summed E-state index contributed by atoms with van der Waals surface area (Å²) in [6.07, 6.45) is 0.662. The number of ether oxygens (including phenoxy) is 1. The fourth-order valence-electron chi connectivity index (χ4n) is 2.51. The van der Waals surface area contributed by atoms with E-state index in [9.17, 15) is 18.4 Å². The van der Waals surface area contributed by atoms with Crippen molar-refractivity contribution >= 4 is 29.1 Å². The van der Waals surface area contributed by atoms with Gasteiger partial charge in [0, 0.05) is 11.3 Å². The number of rotatable bonds is 8. The molecule has 2 atom stereocenters. The molecule has 150 valence electrons. The Hall–Kier alpha value is -2.67. The molecule has 0 spiro atoms. The number of carbonyl (C=O) groups is 2. The molecule has 0 aromatic heterocycles. The molecule has 0 fully saturated rings. The summed E-state index contributed by atoms with van der Waals surface area (Å²) in [6.45, 7) is 0.760. The summed E-state index contributed by atoms with van der Waals surface area (Å²) in [5.41, 5.74) is 0.749. The van der Waals surface area contributed by atoms with Gasteiger partial charge in [-0.25, -0.2) is 0 Å². The van der Waals surface area contributed by atoms with Crippen molar-refractivity contribution in [1.29, 1.82) is 0 Å². The molecule has 8 heteroatoms. The molecule has 2 N–H and O–H groups in total. The molecule has 2 rings (SSSR count). The van der Waals surface area contributed by atoms with Crippen LogP contribution in [0, 0.1) is 5.92 Å². The van der Waals surface area contributed by atoms with E-state index in [2.05, 4.69) is 15.4 Å². The number of hydrogen-bond acceptors (Lipinski definition) is 3. The fourth-order valence-corrected chi connectivity index (χ4v) is 2.73. The van der Waals surface area contributed by atoms with E-state index in [0.29, 0.717) is 17.7 Å². The molecule has 5 nitrogen and oxygen atoms in total. The number of amides is 2. The van der Waals surface area contributed by atoms with Crippen LogP contribution in [0.15, 0.2) is 48.5 Å². The summed E-state index contributed by atoms with van der Waals surface area (Å²) in [7, 11) is 0. The normalized spacial score (nSPS) is 12.9. The number of alkyl halides is 2. The Kier molecular flexibility index (Phi) is 7.75. The maximum absolute atomic E-state index is 12.7.